The van der Waals surface area contributed by atoms with Gasteiger partial charge >= 0.3 is 0 Å². The number of imidazole rings is 1. The normalized spacial score (nSPS) is 23.3. The fourth-order valence-electron chi connectivity index (χ4n) is 2.58. The molecular formula is C13H15Cl2N3O. The maximum Gasteiger partial charge on any atom is 0.160 e. The van der Waals surface area contributed by atoms with Gasteiger partial charge in [-0.2, -0.15) is 0 Å². The molecule has 0 radical (unpaired) electrons. The maximum atomic E-state index is 5.99. The van der Waals surface area contributed by atoms with Crippen molar-refractivity contribution in [1.29, 1.82) is 0 Å². The van der Waals surface area contributed by atoms with E-state index in [0.29, 0.717) is 16.8 Å². The molecule has 1 fully saturated rings. The SMILES string of the molecule is CC1OCCC1Cn1c(CCl)nc2cc(Cl)cnc21. The molecule has 0 spiro atoms. The van der Waals surface area contributed by atoms with E-state index in [0.717, 1.165) is 36.6 Å². The van der Waals surface area contributed by atoms with Gasteiger partial charge in [-0.1, -0.05) is 11.6 Å². The van der Waals surface area contributed by atoms with Gasteiger partial charge in [-0.05, 0) is 19.4 Å². The van der Waals surface area contributed by atoms with Crippen molar-refractivity contribution >= 4 is 34.4 Å². The first kappa shape index (κ1) is 13.2. The zero-order chi connectivity index (χ0) is 13.4. The maximum absolute atomic E-state index is 5.99. The Hall–Kier alpha value is -0.840. The lowest BCUT2D eigenvalue weighted by Crippen LogP contribution is -2.19. The number of hydrogen-bond donors (Lipinski definition) is 0. The number of aromatic nitrogens is 3. The van der Waals surface area contributed by atoms with Crippen LogP contribution in [0.25, 0.3) is 11.2 Å². The third-order valence-electron chi connectivity index (χ3n) is 3.70. The predicted molar refractivity (Wildman–Crippen MR) is 75.6 cm³/mol. The lowest BCUT2D eigenvalue weighted by atomic mass is 10.0. The van der Waals surface area contributed by atoms with Crippen LogP contribution < -0.4 is 0 Å². The number of fused-ring (bicyclic) bond motifs is 1. The van der Waals surface area contributed by atoms with Gasteiger partial charge in [0.1, 0.15) is 11.3 Å². The molecule has 4 nitrogen and oxygen atoms in total. The zero-order valence-corrected chi connectivity index (χ0v) is 12.2. The van der Waals surface area contributed by atoms with Gasteiger partial charge in [-0.25, -0.2) is 9.97 Å². The second-order valence-electron chi connectivity index (χ2n) is 4.89. The summed E-state index contributed by atoms with van der Waals surface area (Å²) in [4.78, 5) is 8.89. The highest BCUT2D eigenvalue weighted by atomic mass is 35.5. The van der Waals surface area contributed by atoms with Gasteiger partial charge in [0.2, 0.25) is 0 Å². The van der Waals surface area contributed by atoms with E-state index in [9.17, 15) is 0 Å². The molecule has 102 valence electrons. The Bertz CT molecular complexity index is 599. The Morgan fingerprint density at radius 1 is 1.53 bits per heavy atom. The Morgan fingerprint density at radius 2 is 2.37 bits per heavy atom. The van der Waals surface area contributed by atoms with Gasteiger partial charge < -0.3 is 9.30 Å². The third kappa shape index (κ3) is 2.45. The Kier molecular flexibility index (Phi) is 3.65. The fourth-order valence-corrected chi connectivity index (χ4v) is 2.93. The van der Waals surface area contributed by atoms with E-state index in [1.165, 1.54) is 0 Å². The predicted octanol–water partition coefficient (Wildman–Crippen LogP) is 3.25. The molecule has 0 aliphatic carbocycles. The lowest BCUT2D eigenvalue weighted by Gasteiger charge is -2.16. The van der Waals surface area contributed by atoms with Gasteiger partial charge in [0.15, 0.2) is 5.65 Å². The molecule has 0 aromatic carbocycles. The van der Waals surface area contributed by atoms with Crippen molar-refractivity contribution in [3.8, 4) is 0 Å². The fraction of sp³-hybridized carbons (Fsp3) is 0.538. The molecule has 0 saturated carbocycles. The number of nitrogens with zero attached hydrogens (tertiary/aromatic N) is 3. The average molecular weight is 300 g/mol. The quantitative estimate of drug-likeness (QED) is 0.817. The van der Waals surface area contributed by atoms with E-state index in [4.69, 9.17) is 27.9 Å². The first-order valence-corrected chi connectivity index (χ1v) is 7.28. The molecule has 1 saturated heterocycles. The number of rotatable bonds is 3. The Balaban J connectivity index is 2.00. The number of ether oxygens (including phenoxy) is 1. The molecule has 1 aliphatic rings. The van der Waals surface area contributed by atoms with E-state index < -0.39 is 0 Å². The Morgan fingerprint density at radius 3 is 3.05 bits per heavy atom. The van der Waals surface area contributed by atoms with Crippen molar-refractivity contribution in [3.05, 3.63) is 23.1 Å². The van der Waals surface area contributed by atoms with Crippen molar-refractivity contribution in [2.45, 2.75) is 31.9 Å². The minimum absolute atomic E-state index is 0.271. The van der Waals surface area contributed by atoms with E-state index in [2.05, 4.69) is 21.5 Å². The summed E-state index contributed by atoms with van der Waals surface area (Å²) in [5, 5.41) is 0.593. The molecule has 1 aliphatic heterocycles. The highest BCUT2D eigenvalue weighted by Crippen LogP contribution is 2.26. The summed E-state index contributed by atoms with van der Waals surface area (Å²) in [6.07, 6.45) is 2.98. The topological polar surface area (TPSA) is 39.9 Å². The molecule has 2 atom stereocenters. The van der Waals surface area contributed by atoms with E-state index in [1.807, 2.05) is 6.07 Å². The van der Waals surface area contributed by atoms with Crippen LogP contribution >= 0.6 is 23.2 Å². The minimum atomic E-state index is 0.271. The van der Waals surface area contributed by atoms with Crippen LogP contribution in [0.2, 0.25) is 5.02 Å². The zero-order valence-electron chi connectivity index (χ0n) is 10.6. The van der Waals surface area contributed by atoms with Crippen LogP contribution in [0.4, 0.5) is 0 Å². The summed E-state index contributed by atoms with van der Waals surface area (Å²) in [6.45, 7) is 3.78. The van der Waals surface area contributed by atoms with Crippen LogP contribution in [0.3, 0.4) is 0 Å². The third-order valence-corrected chi connectivity index (χ3v) is 4.15. The standard InChI is InChI=1S/C13H15Cl2N3O/c1-8-9(2-3-19-8)7-18-12(5-14)17-11-4-10(15)6-16-13(11)18/h4,6,8-9H,2-3,5,7H2,1H3. The smallest absolute Gasteiger partial charge is 0.160 e. The summed E-state index contributed by atoms with van der Waals surface area (Å²) in [7, 11) is 0. The van der Waals surface area contributed by atoms with Gasteiger partial charge in [0.05, 0.1) is 17.0 Å². The molecule has 2 aromatic heterocycles. The molecule has 3 rings (SSSR count). The van der Waals surface area contributed by atoms with Crippen molar-refractivity contribution in [1.82, 2.24) is 14.5 Å². The molecule has 0 N–H and O–H groups in total. The summed E-state index contributed by atoms with van der Waals surface area (Å²) in [5.74, 6) is 1.69. The van der Waals surface area contributed by atoms with Crippen LogP contribution in [0.1, 0.15) is 19.2 Å². The second-order valence-corrected chi connectivity index (χ2v) is 5.60. The molecule has 19 heavy (non-hydrogen) atoms. The highest BCUT2D eigenvalue weighted by molar-refractivity contribution is 6.31. The van der Waals surface area contributed by atoms with Crippen molar-refractivity contribution in [2.75, 3.05) is 6.61 Å². The monoisotopic (exact) mass is 299 g/mol. The summed E-state index contributed by atoms with van der Waals surface area (Å²) in [6, 6.07) is 1.82. The molecule has 2 unspecified atom stereocenters. The van der Waals surface area contributed by atoms with Crippen LogP contribution in [0, 0.1) is 5.92 Å². The average Bonchev–Trinajstić information content (AvgIpc) is 2.94. The van der Waals surface area contributed by atoms with Crippen molar-refractivity contribution < 1.29 is 4.74 Å². The van der Waals surface area contributed by atoms with Gasteiger partial charge in [-0.3, -0.25) is 0 Å². The van der Waals surface area contributed by atoms with Gasteiger partial charge in [-0.15, -0.1) is 11.6 Å². The lowest BCUT2D eigenvalue weighted by molar-refractivity contribution is 0.102. The van der Waals surface area contributed by atoms with Crippen LogP contribution in [0.15, 0.2) is 12.3 Å². The molecule has 3 heterocycles. The molecule has 0 bridgehead atoms. The van der Waals surface area contributed by atoms with E-state index >= 15 is 0 Å². The van der Waals surface area contributed by atoms with Crippen molar-refractivity contribution in [3.63, 3.8) is 0 Å². The number of hydrogen-bond acceptors (Lipinski definition) is 3. The van der Waals surface area contributed by atoms with E-state index in [-0.39, 0.29) is 6.10 Å². The Labute approximate surface area is 121 Å². The first-order chi connectivity index (χ1) is 9.19. The summed E-state index contributed by atoms with van der Waals surface area (Å²) in [5.41, 5.74) is 1.65. The number of pyridine rings is 1. The largest absolute Gasteiger partial charge is 0.378 e. The van der Waals surface area contributed by atoms with Crippen LogP contribution in [-0.2, 0) is 17.2 Å². The first-order valence-electron chi connectivity index (χ1n) is 6.37. The summed E-state index contributed by atoms with van der Waals surface area (Å²) >= 11 is 11.9. The van der Waals surface area contributed by atoms with Crippen LogP contribution in [-0.4, -0.2) is 27.2 Å². The minimum Gasteiger partial charge on any atom is -0.378 e. The summed E-state index contributed by atoms with van der Waals surface area (Å²) < 4.78 is 7.70. The molecule has 0 amide bonds. The molecule has 6 heteroatoms. The number of halogens is 2. The molecular weight excluding hydrogens is 285 g/mol. The second kappa shape index (κ2) is 5.27. The molecule has 2 aromatic rings. The van der Waals surface area contributed by atoms with Crippen LogP contribution in [0.5, 0.6) is 0 Å². The highest BCUT2D eigenvalue weighted by Gasteiger charge is 2.26. The number of alkyl halides is 1. The van der Waals surface area contributed by atoms with Gasteiger partial charge in [0.25, 0.3) is 0 Å². The van der Waals surface area contributed by atoms with Crippen molar-refractivity contribution in [2.24, 2.45) is 5.92 Å². The van der Waals surface area contributed by atoms with E-state index in [1.54, 1.807) is 6.20 Å². The van der Waals surface area contributed by atoms with Gasteiger partial charge in [0, 0.05) is 25.3 Å².